The molecule has 3 aromatic rings. The van der Waals surface area contributed by atoms with Crippen LogP contribution in [0, 0.1) is 6.92 Å². The first-order valence-electron chi connectivity index (χ1n) is 8.15. The number of hydrogen-bond acceptors (Lipinski definition) is 6. The van der Waals surface area contributed by atoms with Gasteiger partial charge < -0.3 is 10.1 Å². The lowest BCUT2D eigenvalue weighted by atomic mass is 10.2. The summed E-state index contributed by atoms with van der Waals surface area (Å²) in [4.78, 5) is 23.8. The summed E-state index contributed by atoms with van der Waals surface area (Å²) >= 11 is 1.28. The van der Waals surface area contributed by atoms with E-state index in [2.05, 4.69) is 20.3 Å². The van der Waals surface area contributed by atoms with Crippen LogP contribution in [0.15, 0.2) is 60.0 Å². The number of carbonyl (C=O) groups is 2. The average molecular weight is 382 g/mol. The molecule has 0 bridgehead atoms. The molecule has 0 aliphatic carbocycles. The quantitative estimate of drug-likeness (QED) is 0.521. The lowest BCUT2D eigenvalue weighted by Gasteiger charge is -2.08. The Labute approximate surface area is 160 Å². The fraction of sp³-hybridized carbons (Fsp3) is 0.158. The van der Waals surface area contributed by atoms with E-state index in [-0.39, 0.29) is 11.7 Å². The van der Waals surface area contributed by atoms with Crippen LogP contribution in [0.3, 0.4) is 0 Å². The van der Waals surface area contributed by atoms with Crippen LogP contribution >= 0.6 is 11.8 Å². The Morgan fingerprint density at radius 1 is 1.19 bits per heavy atom. The highest BCUT2D eigenvalue weighted by atomic mass is 32.2. The van der Waals surface area contributed by atoms with Gasteiger partial charge in [-0.05, 0) is 37.3 Å². The zero-order valence-electron chi connectivity index (χ0n) is 14.9. The summed E-state index contributed by atoms with van der Waals surface area (Å²) in [7, 11) is 1.31. The number of rotatable bonds is 6. The summed E-state index contributed by atoms with van der Waals surface area (Å²) in [5, 5.41) is 11.4. The number of thioether (sulfide) groups is 1. The predicted molar refractivity (Wildman–Crippen MR) is 103 cm³/mol. The van der Waals surface area contributed by atoms with Crippen molar-refractivity contribution in [3.63, 3.8) is 0 Å². The van der Waals surface area contributed by atoms with Gasteiger partial charge >= 0.3 is 5.97 Å². The largest absolute Gasteiger partial charge is 0.465 e. The van der Waals surface area contributed by atoms with Crippen molar-refractivity contribution in [3.8, 4) is 5.69 Å². The van der Waals surface area contributed by atoms with E-state index in [1.54, 1.807) is 30.6 Å². The third-order valence-electron chi connectivity index (χ3n) is 3.73. The highest BCUT2D eigenvalue weighted by Gasteiger charge is 2.11. The molecule has 0 aliphatic heterocycles. The second-order valence-corrected chi connectivity index (χ2v) is 6.67. The van der Waals surface area contributed by atoms with Crippen molar-refractivity contribution in [2.24, 2.45) is 0 Å². The molecule has 0 unspecified atom stereocenters. The third kappa shape index (κ3) is 4.73. The van der Waals surface area contributed by atoms with Crippen LogP contribution in [0.1, 0.15) is 15.9 Å². The maximum Gasteiger partial charge on any atom is 0.337 e. The van der Waals surface area contributed by atoms with Crippen LogP contribution in [0.4, 0.5) is 5.69 Å². The van der Waals surface area contributed by atoms with Crippen molar-refractivity contribution >= 4 is 29.3 Å². The third-order valence-corrected chi connectivity index (χ3v) is 4.67. The number of benzene rings is 2. The Bertz CT molecular complexity index is 954. The summed E-state index contributed by atoms with van der Waals surface area (Å²) in [5.74, 6) is -0.500. The van der Waals surface area contributed by atoms with Gasteiger partial charge in [0, 0.05) is 11.4 Å². The molecule has 0 fully saturated rings. The average Bonchev–Trinajstić information content (AvgIpc) is 3.15. The van der Waals surface area contributed by atoms with Crippen LogP contribution in [0.5, 0.6) is 0 Å². The van der Waals surface area contributed by atoms with E-state index in [1.807, 2.05) is 35.8 Å². The molecule has 0 radical (unpaired) electrons. The smallest absolute Gasteiger partial charge is 0.337 e. The maximum absolute atomic E-state index is 12.2. The summed E-state index contributed by atoms with van der Waals surface area (Å²) in [6.45, 7) is 2.02. The van der Waals surface area contributed by atoms with E-state index in [1.165, 1.54) is 18.9 Å². The molecule has 1 heterocycles. The molecule has 2 aromatic carbocycles. The summed E-state index contributed by atoms with van der Waals surface area (Å²) in [6.07, 6.45) is 1.62. The number of esters is 1. The first kappa shape index (κ1) is 18.7. The van der Waals surface area contributed by atoms with Gasteiger partial charge in [0.25, 0.3) is 0 Å². The Hall–Kier alpha value is -3.13. The van der Waals surface area contributed by atoms with E-state index in [9.17, 15) is 9.59 Å². The van der Waals surface area contributed by atoms with Gasteiger partial charge in [0.05, 0.1) is 18.4 Å². The first-order chi connectivity index (χ1) is 13.1. The molecule has 8 heteroatoms. The zero-order chi connectivity index (χ0) is 19.2. The molecule has 1 aromatic heterocycles. The van der Waals surface area contributed by atoms with Crippen molar-refractivity contribution in [2.75, 3.05) is 18.2 Å². The Morgan fingerprint density at radius 2 is 1.96 bits per heavy atom. The van der Waals surface area contributed by atoms with E-state index in [0.717, 1.165) is 11.3 Å². The molecule has 7 nitrogen and oxygen atoms in total. The number of aromatic nitrogens is 3. The van der Waals surface area contributed by atoms with Gasteiger partial charge in [-0.15, -0.1) is 10.2 Å². The lowest BCUT2D eigenvalue weighted by molar-refractivity contribution is -0.113. The van der Waals surface area contributed by atoms with Gasteiger partial charge in [-0.1, -0.05) is 35.5 Å². The molecule has 0 saturated carbocycles. The molecule has 0 spiro atoms. The SMILES string of the molecule is COC(=O)c1cccc(NC(=O)CSc2nncn2-c2ccc(C)cc2)c1. The highest BCUT2D eigenvalue weighted by molar-refractivity contribution is 7.99. The Kier molecular flexibility index (Phi) is 5.87. The van der Waals surface area contributed by atoms with Crippen LogP contribution in [-0.2, 0) is 9.53 Å². The van der Waals surface area contributed by atoms with E-state index in [4.69, 9.17) is 0 Å². The van der Waals surface area contributed by atoms with Crippen LogP contribution in [0.25, 0.3) is 5.69 Å². The standard InChI is InChI=1S/C19H18N4O3S/c1-13-6-8-16(9-7-13)23-12-20-22-19(23)27-11-17(24)21-15-5-3-4-14(10-15)18(25)26-2/h3-10,12H,11H2,1-2H3,(H,21,24). The van der Waals surface area contributed by atoms with Gasteiger partial charge in [0.2, 0.25) is 5.91 Å². The number of nitrogens with zero attached hydrogens (tertiary/aromatic N) is 3. The number of aryl methyl sites for hydroxylation is 1. The summed E-state index contributed by atoms with van der Waals surface area (Å²) in [6, 6.07) is 14.5. The van der Waals surface area contributed by atoms with Gasteiger partial charge in [-0.25, -0.2) is 4.79 Å². The Morgan fingerprint density at radius 3 is 2.70 bits per heavy atom. The minimum atomic E-state index is -0.452. The van der Waals surface area contributed by atoms with Crippen LogP contribution in [-0.4, -0.2) is 39.5 Å². The molecule has 0 aliphatic rings. The number of amides is 1. The summed E-state index contributed by atoms with van der Waals surface area (Å²) in [5.41, 5.74) is 3.00. The second-order valence-electron chi connectivity index (χ2n) is 5.73. The van der Waals surface area contributed by atoms with Crippen molar-refractivity contribution in [3.05, 3.63) is 66.0 Å². The van der Waals surface area contributed by atoms with Crippen LogP contribution < -0.4 is 5.32 Å². The minimum absolute atomic E-state index is 0.160. The first-order valence-corrected chi connectivity index (χ1v) is 9.13. The molecular weight excluding hydrogens is 364 g/mol. The van der Waals surface area contributed by atoms with Crippen LogP contribution in [0.2, 0.25) is 0 Å². The van der Waals surface area contributed by atoms with Gasteiger partial charge in [-0.2, -0.15) is 0 Å². The number of hydrogen-bond donors (Lipinski definition) is 1. The number of nitrogens with one attached hydrogen (secondary N) is 1. The molecular formula is C19H18N4O3S. The zero-order valence-corrected chi connectivity index (χ0v) is 15.7. The summed E-state index contributed by atoms with van der Waals surface area (Å²) < 4.78 is 6.51. The number of ether oxygens (including phenoxy) is 1. The van der Waals surface area contributed by atoms with Crippen molar-refractivity contribution in [2.45, 2.75) is 12.1 Å². The van der Waals surface area contributed by atoms with E-state index < -0.39 is 5.97 Å². The molecule has 3 rings (SSSR count). The molecule has 1 amide bonds. The van der Waals surface area contributed by atoms with E-state index in [0.29, 0.717) is 16.4 Å². The fourth-order valence-electron chi connectivity index (χ4n) is 2.37. The topological polar surface area (TPSA) is 86.1 Å². The van der Waals surface area contributed by atoms with Crippen molar-refractivity contribution < 1.29 is 14.3 Å². The monoisotopic (exact) mass is 382 g/mol. The van der Waals surface area contributed by atoms with Crippen molar-refractivity contribution in [1.29, 1.82) is 0 Å². The van der Waals surface area contributed by atoms with Gasteiger partial charge in [0.1, 0.15) is 6.33 Å². The number of anilines is 1. The normalized spacial score (nSPS) is 10.4. The molecule has 0 saturated heterocycles. The highest BCUT2D eigenvalue weighted by Crippen LogP contribution is 2.20. The molecule has 1 N–H and O–H groups in total. The number of carbonyl (C=O) groups excluding carboxylic acids is 2. The molecule has 138 valence electrons. The van der Waals surface area contributed by atoms with Gasteiger partial charge in [-0.3, -0.25) is 9.36 Å². The Balaban J connectivity index is 1.63. The fourth-order valence-corrected chi connectivity index (χ4v) is 3.10. The molecule has 27 heavy (non-hydrogen) atoms. The minimum Gasteiger partial charge on any atom is -0.465 e. The number of methoxy groups -OCH3 is 1. The lowest BCUT2D eigenvalue weighted by Crippen LogP contribution is -2.15. The maximum atomic E-state index is 12.2. The van der Waals surface area contributed by atoms with E-state index >= 15 is 0 Å². The molecule has 0 atom stereocenters. The van der Waals surface area contributed by atoms with Crippen molar-refractivity contribution in [1.82, 2.24) is 14.8 Å². The van der Waals surface area contributed by atoms with Gasteiger partial charge in [0.15, 0.2) is 5.16 Å². The second kappa shape index (κ2) is 8.50. The predicted octanol–water partition coefficient (Wildman–Crippen LogP) is 3.09.